The lowest BCUT2D eigenvalue weighted by Crippen LogP contribution is -2.05. The van der Waals surface area contributed by atoms with Crippen molar-refractivity contribution < 1.29 is 9.84 Å². The molecule has 0 unspecified atom stereocenters. The van der Waals surface area contributed by atoms with Gasteiger partial charge >= 0.3 is 0 Å². The number of thiazole rings is 1. The molecule has 1 N–H and O–H groups in total. The Morgan fingerprint density at radius 3 is 2.91 bits per heavy atom. The van der Waals surface area contributed by atoms with Crippen LogP contribution in [0.25, 0.3) is 0 Å². The van der Waals surface area contributed by atoms with Crippen molar-refractivity contribution in [2.24, 2.45) is 0 Å². The third-order valence-electron chi connectivity index (χ3n) is 1.03. The van der Waals surface area contributed by atoms with Crippen LogP contribution in [0.15, 0.2) is 5.38 Å². The monoisotopic (exact) mass is 173 g/mol. The number of aromatic nitrogens is 1. The molecule has 0 saturated heterocycles. The molecule has 0 aliphatic heterocycles. The second-order valence-electron chi connectivity index (χ2n) is 2.43. The maximum atomic E-state index is 8.67. The van der Waals surface area contributed by atoms with Gasteiger partial charge in [-0.3, -0.25) is 0 Å². The van der Waals surface area contributed by atoms with E-state index < -0.39 is 0 Å². The normalized spacial score (nSPS) is 10.5. The van der Waals surface area contributed by atoms with Gasteiger partial charge in [-0.2, -0.15) is 0 Å². The molecule has 0 spiro atoms. The minimum Gasteiger partial charge on any atom is -0.467 e. The summed E-state index contributed by atoms with van der Waals surface area (Å²) >= 11 is 1.41. The highest BCUT2D eigenvalue weighted by Gasteiger charge is 2.02. The largest absolute Gasteiger partial charge is 0.467 e. The molecule has 62 valence electrons. The maximum Gasteiger partial charge on any atom is 0.273 e. The molecule has 3 nitrogen and oxygen atoms in total. The molecule has 0 aliphatic rings. The molecule has 0 saturated carbocycles. The molecule has 1 aromatic rings. The van der Waals surface area contributed by atoms with Gasteiger partial charge in [-0.25, -0.2) is 4.98 Å². The zero-order valence-corrected chi connectivity index (χ0v) is 7.39. The Morgan fingerprint density at radius 2 is 2.45 bits per heavy atom. The summed E-state index contributed by atoms with van der Waals surface area (Å²) in [5.41, 5.74) is 0.672. The van der Waals surface area contributed by atoms with Crippen molar-refractivity contribution in [2.75, 3.05) is 0 Å². The summed E-state index contributed by atoms with van der Waals surface area (Å²) in [7, 11) is 0. The van der Waals surface area contributed by atoms with Crippen LogP contribution in [0.4, 0.5) is 0 Å². The van der Waals surface area contributed by atoms with Crippen LogP contribution in [-0.4, -0.2) is 16.2 Å². The van der Waals surface area contributed by atoms with E-state index in [1.807, 2.05) is 13.8 Å². The summed E-state index contributed by atoms with van der Waals surface area (Å²) in [6, 6.07) is 0. The molecule has 0 aliphatic carbocycles. The lowest BCUT2D eigenvalue weighted by atomic mass is 10.5. The zero-order chi connectivity index (χ0) is 8.27. The molecule has 1 rings (SSSR count). The van der Waals surface area contributed by atoms with E-state index in [1.165, 1.54) is 11.3 Å². The van der Waals surface area contributed by atoms with E-state index in [1.54, 1.807) is 5.38 Å². The summed E-state index contributed by atoms with van der Waals surface area (Å²) in [5.74, 6) is 0. The Kier molecular flexibility index (Phi) is 2.84. The highest BCUT2D eigenvalue weighted by molar-refractivity contribution is 7.11. The summed E-state index contributed by atoms with van der Waals surface area (Å²) in [4.78, 5) is 4.02. The molecular weight excluding hydrogens is 162 g/mol. The van der Waals surface area contributed by atoms with Gasteiger partial charge in [0.05, 0.1) is 18.4 Å². The van der Waals surface area contributed by atoms with Crippen molar-refractivity contribution in [1.82, 2.24) is 4.98 Å². The molecule has 0 atom stereocenters. The van der Waals surface area contributed by atoms with Gasteiger partial charge in [0.25, 0.3) is 5.19 Å². The predicted octanol–water partition coefficient (Wildman–Crippen LogP) is 1.42. The fourth-order valence-corrected chi connectivity index (χ4v) is 1.40. The van der Waals surface area contributed by atoms with E-state index in [2.05, 4.69) is 4.98 Å². The summed E-state index contributed by atoms with van der Waals surface area (Å²) in [6.45, 7) is 3.87. The lowest BCUT2D eigenvalue weighted by Gasteiger charge is -2.03. The molecule has 11 heavy (non-hydrogen) atoms. The first kappa shape index (κ1) is 8.49. The van der Waals surface area contributed by atoms with Gasteiger partial charge in [-0.05, 0) is 13.8 Å². The van der Waals surface area contributed by atoms with Crippen molar-refractivity contribution in [2.45, 2.75) is 26.6 Å². The Bertz CT molecular complexity index is 222. The van der Waals surface area contributed by atoms with Gasteiger partial charge in [0.2, 0.25) is 0 Å². The van der Waals surface area contributed by atoms with Crippen molar-refractivity contribution in [3.8, 4) is 5.19 Å². The molecule has 1 aromatic heterocycles. The number of hydrogen-bond donors (Lipinski definition) is 1. The molecule has 4 heteroatoms. The van der Waals surface area contributed by atoms with E-state index in [-0.39, 0.29) is 12.7 Å². The van der Waals surface area contributed by atoms with E-state index >= 15 is 0 Å². The van der Waals surface area contributed by atoms with Crippen LogP contribution >= 0.6 is 11.3 Å². The number of aliphatic hydroxyl groups excluding tert-OH is 1. The average molecular weight is 173 g/mol. The number of aliphatic hydroxyl groups is 1. The second-order valence-corrected chi connectivity index (χ2v) is 3.25. The van der Waals surface area contributed by atoms with Gasteiger partial charge in [0.1, 0.15) is 0 Å². The highest BCUT2D eigenvalue weighted by Crippen LogP contribution is 2.18. The first-order chi connectivity index (χ1) is 5.22. The van der Waals surface area contributed by atoms with Gasteiger partial charge < -0.3 is 9.84 Å². The SMILES string of the molecule is CC(C)Oc1nc(CO)cs1. The van der Waals surface area contributed by atoms with Gasteiger partial charge in [-0.15, -0.1) is 0 Å². The Morgan fingerprint density at radius 1 is 1.73 bits per heavy atom. The summed E-state index contributed by atoms with van der Waals surface area (Å²) in [6.07, 6.45) is 0.146. The average Bonchev–Trinajstić information content (AvgIpc) is 2.34. The Hall–Kier alpha value is -0.610. The smallest absolute Gasteiger partial charge is 0.273 e. The van der Waals surface area contributed by atoms with E-state index in [4.69, 9.17) is 9.84 Å². The Labute approximate surface area is 69.7 Å². The van der Waals surface area contributed by atoms with Crippen LogP contribution < -0.4 is 4.74 Å². The van der Waals surface area contributed by atoms with Crippen LogP contribution in [0.5, 0.6) is 5.19 Å². The lowest BCUT2D eigenvalue weighted by molar-refractivity contribution is 0.236. The van der Waals surface area contributed by atoms with Crippen LogP contribution in [0.1, 0.15) is 19.5 Å². The fraction of sp³-hybridized carbons (Fsp3) is 0.571. The van der Waals surface area contributed by atoms with Gasteiger partial charge in [-0.1, -0.05) is 11.3 Å². The molecule has 0 bridgehead atoms. The summed E-state index contributed by atoms with van der Waals surface area (Å²) in [5, 5.41) is 11.1. The zero-order valence-electron chi connectivity index (χ0n) is 6.57. The van der Waals surface area contributed by atoms with Crippen LogP contribution in [0.2, 0.25) is 0 Å². The highest BCUT2D eigenvalue weighted by atomic mass is 32.1. The minimum absolute atomic E-state index is 0.0159. The Balaban J connectivity index is 2.58. The van der Waals surface area contributed by atoms with Crippen LogP contribution in [0.3, 0.4) is 0 Å². The fourth-order valence-electron chi connectivity index (χ4n) is 0.617. The minimum atomic E-state index is -0.0159. The molecule has 0 radical (unpaired) electrons. The van der Waals surface area contributed by atoms with Crippen LogP contribution in [-0.2, 0) is 6.61 Å². The van der Waals surface area contributed by atoms with Crippen LogP contribution in [0, 0.1) is 0 Å². The van der Waals surface area contributed by atoms with E-state index in [9.17, 15) is 0 Å². The topological polar surface area (TPSA) is 42.4 Å². The first-order valence-electron chi connectivity index (χ1n) is 3.44. The molecule has 1 heterocycles. The van der Waals surface area contributed by atoms with E-state index in [0.717, 1.165) is 0 Å². The molecule has 0 aromatic carbocycles. The molecular formula is C7H11NO2S. The third-order valence-corrected chi connectivity index (χ3v) is 1.81. The maximum absolute atomic E-state index is 8.67. The number of hydrogen-bond acceptors (Lipinski definition) is 4. The number of rotatable bonds is 3. The molecule has 0 fully saturated rings. The van der Waals surface area contributed by atoms with Crippen molar-refractivity contribution in [3.05, 3.63) is 11.1 Å². The van der Waals surface area contributed by atoms with Crippen molar-refractivity contribution in [1.29, 1.82) is 0 Å². The standard InChI is InChI=1S/C7H11NO2S/c1-5(2)10-7-8-6(3-9)4-11-7/h4-5,9H,3H2,1-2H3. The van der Waals surface area contributed by atoms with Crippen molar-refractivity contribution >= 4 is 11.3 Å². The summed E-state index contributed by atoms with van der Waals surface area (Å²) < 4.78 is 5.29. The predicted molar refractivity (Wildman–Crippen MR) is 43.8 cm³/mol. The molecule has 0 amide bonds. The van der Waals surface area contributed by atoms with Crippen molar-refractivity contribution in [3.63, 3.8) is 0 Å². The second kappa shape index (κ2) is 3.69. The van der Waals surface area contributed by atoms with E-state index in [0.29, 0.717) is 10.9 Å². The van der Waals surface area contributed by atoms with Gasteiger partial charge in [0, 0.05) is 5.38 Å². The number of ether oxygens (including phenoxy) is 1. The quantitative estimate of drug-likeness (QED) is 0.751. The third kappa shape index (κ3) is 2.48. The number of nitrogens with zero attached hydrogens (tertiary/aromatic N) is 1. The first-order valence-corrected chi connectivity index (χ1v) is 4.32. The van der Waals surface area contributed by atoms with Gasteiger partial charge in [0.15, 0.2) is 0 Å².